The van der Waals surface area contributed by atoms with Gasteiger partial charge in [0.2, 0.25) is 0 Å². The van der Waals surface area contributed by atoms with E-state index in [1.165, 1.54) is 0 Å². The highest BCUT2D eigenvalue weighted by Gasteiger charge is 2.15. The van der Waals surface area contributed by atoms with Gasteiger partial charge >= 0.3 is 0 Å². The second-order valence-electron chi connectivity index (χ2n) is 2.77. The van der Waals surface area contributed by atoms with Crippen LogP contribution in [-0.2, 0) is 0 Å². The van der Waals surface area contributed by atoms with Gasteiger partial charge in [-0.2, -0.15) is 0 Å². The molecule has 0 radical (unpaired) electrons. The predicted octanol–water partition coefficient (Wildman–Crippen LogP) is 3.00. The minimum Gasteiger partial charge on any atom is -0.497 e. The molecule has 3 nitrogen and oxygen atoms in total. The van der Waals surface area contributed by atoms with Crippen molar-refractivity contribution >= 4 is 37.6 Å². The van der Waals surface area contributed by atoms with Crippen molar-refractivity contribution in [3.05, 3.63) is 23.8 Å². The van der Waals surface area contributed by atoms with Gasteiger partial charge in [-0.3, -0.25) is 4.79 Å². The third-order valence-corrected chi connectivity index (χ3v) is 2.67. The van der Waals surface area contributed by atoms with Crippen LogP contribution in [0.2, 0.25) is 0 Å². The Morgan fingerprint density at radius 1 is 1.13 bits per heavy atom. The average molecular weight is 338 g/mol. The Kier molecular flexibility index (Phi) is 4.60. The number of benzene rings is 1. The number of methoxy groups -OCH3 is 2. The van der Waals surface area contributed by atoms with Crippen LogP contribution in [0.3, 0.4) is 0 Å². The number of hydrogen-bond donors (Lipinski definition) is 0. The van der Waals surface area contributed by atoms with Crippen molar-refractivity contribution in [3.63, 3.8) is 0 Å². The van der Waals surface area contributed by atoms with E-state index in [1.807, 2.05) is 0 Å². The summed E-state index contributed by atoms with van der Waals surface area (Å²) in [5, 5.41) is 0. The summed E-state index contributed by atoms with van der Waals surface area (Å²) in [6.45, 7) is 0. The van der Waals surface area contributed by atoms with Crippen molar-refractivity contribution in [1.29, 1.82) is 0 Å². The molecule has 0 N–H and O–H groups in total. The summed E-state index contributed by atoms with van der Waals surface area (Å²) in [5.41, 5.74) is 0.532. The van der Waals surface area contributed by atoms with E-state index in [9.17, 15) is 4.79 Å². The van der Waals surface area contributed by atoms with Gasteiger partial charge in [-0.1, -0.05) is 31.9 Å². The zero-order chi connectivity index (χ0) is 11.4. The van der Waals surface area contributed by atoms with E-state index < -0.39 is 3.74 Å². The molecule has 1 rings (SSSR count). The SMILES string of the molecule is COc1cc(OC)cc(C(=O)C(Br)Br)c1. The molecule has 0 fully saturated rings. The Bertz CT molecular complexity index is 341. The quantitative estimate of drug-likeness (QED) is 0.626. The summed E-state index contributed by atoms with van der Waals surface area (Å²) in [6.07, 6.45) is 0. The van der Waals surface area contributed by atoms with Crippen LogP contribution in [0.4, 0.5) is 0 Å². The van der Waals surface area contributed by atoms with Gasteiger partial charge in [-0.05, 0) is 12.1 Å². The van der Waals surface area contributed by atoms with Gasteiger partial charge in [-0.25, -0.2) is 0 Å². The fourth-order valence-corrected chi connectivity index (χ4v) is 1.60. The van der Waals surface area contributed by atoms with E-state index in [-0.39, 0.29) is 5.78 Å². The summed E-state index contributed by atoms with van der Waals surface area (Å²) in [7, 11) is 3.09. The molecule has 0 heterocycles. The average Bonchev–Trinajstić information content (AvgIpc) is 2.27. The molecular weight excluding hydrogens is 328 g/mol. The summed E-state index contributed by atoms with van der Waals surface area (Å²) >= 11 is 6.31. The van der Waals surface area contributed by atoms with Crippen LogP contribution in [0.1, 0.15) is 10.4 Å². The normalized spacial score (nSPS) is 10.2. The van der Waals surface area contributed by atoms with E-state index in [1.54, 1.807) is 32.4 Å². The number of carbonyl (C=O) groups excluding carboxylic acids is 1. The van der Waals surface area contributed by atoms with Gasteiger partial charge in [0.15, 0.2) is 5.78 Å². The van der Waals surface area contributed by atoms with Crippen LogP contribution >= 0.6 is 31.9 Å². The molecule has 82 valence electrons. The molecule has 0 aliphatic heterocycles. The lowest BCUT2D eigenvalue weighted by Gasteiger charge is -2.08. The molecule has 15 heavy (non-hydrogen) atoms. The molecule has 5 heteroatoms. The minimum atomic E-state index is -0.401. The number of halogens is 2. The van der Waals surface area contributed by atoms with Crippen LogP contribution < -0.4 is 9.47 Å². The number of rotatable bonds is 4. The first-order valence-electron chi connectivity index (χ1n) is 4.14. The zero-order valence-electron chi connectivity index (χ0n) is 8.29. The number of Topliss-reactive ketones (excluding diaryl/α,β-unsaturated/α-hetero) is 1. The number of hydrogen-bond acceptors (Lipinski definition) is 3. The maximum Gasteiger partial charge on any atom is 0.187 e. The third-order valence-electron chi connectivity index (χ3n) is 1.83. The van der Waals surface area contributed by atoms with E-state index in [2.05, 4.69) is 31.9 Å². The second kappa shape index (κ2) is 5.51. The van der Waals surface area contributed by atoms with Crippen LogP contribution in [-0.4, -0.2) is 23.7 Å². The zero-order valence-corrected chi connectivity index (χ0v) is 11.5. The lowest BCUT2D eigenvalue weighted by Crippen LogP contribution is -2.07. The summed E-state index contributed by atoms with van der Waals surface area (Å²) < 4.78 is 9.73. The van der Waals surface area contributed by atoms with Gasteiger partial charge in [0.25, 0.3) is 0 Å². The molecular formula is C10H10Br2O3. The Labute approximate surface area is 105 Å². The molecule has 0 atom stereocenters. The highest BCUT2D eigenvalue weighted by atomic mass is 79.9. The molecule has 0 spiro atoms. The van der Waals surface area contributed by atoms with E-state index in [4.69, 9.17) is 9.47 Å². The molecule has 1 aromatic carbocycles. The molecule has 0 amide bonds. The fourth-order valence-electron chi connectivity index (χ4n) is 1.08. The van der Waals surface area contributed by atoms with Crippen LogP contribution in [0.25, 0.3) is 0 Å². The largest absolute Gasteiger partial charge is 0.497 e. The van der Waals surface area contributed by atoms with Gasteiger partial charge in [0.05, 0.1) is 14.2 Å². The monoisotopic (exact) mass is 336 g/mol. The standard InChI is InChI=1S/C10H10Br2O3/c1-14-7-3-6(9(13)10(11)12)4-8(5-7)15-2/h3-5,10H,1-2H3. The van der Waals surface area contributed by atoms with E-state index >= 15 is 0 Å². The van der Waals surface area contributed by atoms with Crippen molar-refractivity contribution in [2.45, 2.75) is 3.74 Å². The Balaban J connectivity index is 3.12. The maximum absolute atomic E-state index is 11.7. The number of ether oxygens (including phenoxy) is 2. The lowest BCUT2D eigenvalue weighted by molar-refractivity contribution is 0.101. The van der Waals surface area contributed by atoms with E-state index in [0.717, 1.165) is 0 Å². The summed E-state index contributed by atoms with van der Waals surface area (Å²) in [6, 6.07) is 5.05. The second-order valence-corrected chi connectivity index (χ2v) is 5.83. The highest BCUT2D eigenvalue weighted by molar-refractivity contribution is 9.25. The van der Waals surface area contributed by atoms with Crippen LogP contribution in [0.15, 0.2) is 18.2 Å². The van der Waals surface area contributed by atoms with Crippen LogP contribution in [0.5, 0.6) is 11.5 Å². The Hall–Kier alpha value is -0.550. The van der Waals surface area contributed by atoms with Crippen molar-refractivity contribution in [2.24, 2.45) is 0 Å². The van der Waals surface area contributed by atoms with Crippen molar-refractivity contribution in [2.75, 3.05) is 14.2 Å². The van der Waals surface area contributed by atoms with Crippen molar-refractivity contribution in [1.82, 2.24) is 0 Å². The number of ketones is 1. The molecule has 0 bridgehead atoms. The fraction of sp³-hybridized carbons (Fsp3) is 0.300. The molecule has 0 saturated carbocycles. The molecule has 0 saturated heterocycles. The maximum atomic E-state index is 11.7. The summed E-state index contributed by atoms with van der Waals surface area (Å²) in [4.78, 5) is 11.7. The van der Waals surface area contributed by atoms with Gasteiger partial charge in [0.1, 0.15) is 15.2 Å². The first kappa shape index (κ1) is 12.5. The van der Waals surface area contributed by atoms with Crippen LogP contribution in [0, 0.1) is 0 Å². The molecule has 0 unspecified atom stereocenters. The number of carbonyl (C=O) groups is 1. The van der Waals surface area contributed by atoms with Gasteiger partial charge in [-0.15, -0.1) is 0 Å². The molecule has 0 aliphatic carbocycles. The predicted molar refractivity (Wildman–Crippen MR) is 65.5 cm³/mol. The Morgan fingerprint density at radius 3 is 1.93 bits per heavy atom. The van der Waals surface area contributed by atoms with Gasteiger partial charge < -0.3 is 9.47 Å². The smallest absolute Gasteiger partial charge is 0.187 e. The molecule has 0 aliphatic rings. The van der Waals surface area contributed by atoms with E-state index in [0.29, 0.717) is 17.1 Å². The van der Waals surface area contributed by atoms with Gasteiger partial charge in [0, 0.05) is 11.6 Å². The Morgan fingerprint density at radius 2 is 1.60 bits per heavy atom. The van der Waals surface area contributed by atoms with Crippen molar-refractivity contribution in [3.8, 4) is 11.5 Å². The first-order valence-corrected chi connectivity index (χ1v) is 5.97. The minimum absolute atomic E-state index is 0.0767. The third kappa shape index (κ3) is 3.21. The first-order chi connectivity index (χ1) is 7.08. The molecule has 0 aromatic heterocycles. The lowest BCUT2D eigenvalue weighted by atomic mass is 10.1. The highest BCUT2D eigenvalue weighted by Crippen LogP contribution is 2.25. The molecule has 1 aromatic rings. The summed E-state index contributed by atoms with van der Waals surface area (Å²) in [5.74, 6) is 1.11. The number of alkyl halides is 2. The van der Waals surface area contributed by atoms with Crippen molar-refractivity contribution < 1.29 is 14.3 Å². The topological polar surface area (TPSA) is 35.5 Å².